The van der Waals surface area contributed by atoms with Crippen LogP contribution in [0.15, 0.2) is 24.3 Å². The molecule has 0 aliphatic rings. The third-order valence-electron chi connectivity index (χ3n) is 3.09. The molecule has 0 saturated heterocycles. The molecule has 5 heteroatoms. The van der Waals surface area contributed by atoms with E-state index >= 15 is 0 Å². The summed E-state index contributed by atoms with van der Waals surface area (Å²) >= 11 is 0. The van der Waals surface area contributed by atoms with Gasteiger partial charge in [-0.05, 0) is 31.5 Å². The summed E-state index contributed by atoms with van der Waals surface area (Å²) in [5, 5.41) is 16.6. The molecule has 0 radical (unpaired) electrons. The predicted molar refractivity (Wildman–Crippen MR) is 72.5 cm³/mol. The summed E-state index contributed by atoms with van der Waals surface area (Å²) in [5.41, 5.74) is 2.84. The second-order valence-corrected chi connectivity index (χ2v) is 4.49. The number of aromatic nitrogens is 2. The Morgan fingerprint density at radius 1 is 1.37 bits per heavy atom. The molecular formula is C14H18FN3O. The number of halogens is 1. The average molecular weight is 263 g/mol. The minimum Gasteiger partial charge on any atom is -0.394 e. The fourth-order valence-electron chi connectivity index (χ4n) is 1.98. The van der Waals surface area contributed by atoms with Gasteiger partial charge in [-0.2, -0.15) is 5.10 Å². The zero-order valence-electron chi connectivity index (χ0n) is 11.2. The van der Waals surface area contributed by atoms with E-state index in [2.05, 4.69) is 10.4 Å². The molecule has 0 amide bonds. The van der Waals surface area contributed by atoms with Crippen LogP contribution in [0.3, 0.4) is 0 Å². The average Bonchev–Trinajstić information content (AvgIpc) is 2.63. The summed E-state index contributed by atoms with van der Waals surface area (Å²) in [6, 6.07) is 6.48. The lowest BCUT2D eigenvalue weighted by molar-refractivity contribution is 0.270. The molecule has 1 aromatic heterocycles. The SMILES string of the molecule is Cc1nn(CCO)c(NCc2cccc(F)c2)c1C. The van der Waals surface area contributed by atoms with E-state index in [-0.39, 0.29) is 12.4 Å². The van der Waals surface area contributed by atoms with Gasteiger partial charge in [-0.25, -0.2) is 9.07 Å². The standard InChI is InChI=1S/C14H18FN3O/c1-10-11(2)17-18(6-7-19)14(10)16-9-12-4-3-5-13(15)8-12/h3-5,8,16,19H,6-7,9H2,1-2H3. The predicted octanol–water partition coefficient (Wildman–Crippen LogP) is 2.24. The Labute approximate surface area is 111 Å². The molecule has 0 aliphatic carbocycles. The van der Waals surface area contributed by atoms with Crippen LogP contribution in [0.5, 0.6) is 0 Å². The van der Waals surface area contributed by atoms with Gasteiger partial charge in [0.15, 0.2) is 0 Å². The summed E-state index contributed by atoms with van der Waals surface area (Å²) in [7, 11) is 0. The minimum absolute atomic E-state index is 0.0369. The Balaban J connectivity index is 2.14. The number of aryl methyl sites for hydroxylation is 1. The molecule has 0 unspecified atom stereocenters. The summed E-state index contributed by atoms with van der Waals surface area (Å²) in [6.45, 7) is 4.91. The molecule has 0 aliphatic heterocycles. The van der Waals surface area contributed by atoms with Gasteiger partial charge in [-0.1, -0.05) is 12.1 Å². The number of hydrogen-bond acceptors (Lipinski definition) is 3. The molecule has 0 atom stereocenters. The van der Waals surface area contributed by atoms with Crippen molar-refractivity contribution in [3.8, 4) is 0 Å². The van der Waals surface area contributed by atoms with Crippen molar-refractivity contribution in [2.45, 2.75) is 26.9 Å². The van der Waals surface area contributed by atoms with E-state index in [9.17, 15) is 4.39 Å². The first-order valence-corrected chi connectivity index (χ1v) is 6.25. The lowest BCUT2D eigenvalue weighted by Gasteiger charge is -2.10. The second kappa shape index (κ2) is 5.84. The van der Waals surface area contributed by atoms with Gasteiger partial charge in [0.05, 0.1) is 18.8 Å². The summed E-state index contributed by atoms with van der Waals surface area (Å²) in [4.78, 5) is 0. The molecule has 0 fully saturated rings. The highest BCUT2D eigenvalue weighted by atomic mass is 19.1. The van der Waals surface area contributed by atoms with E-state index in [1.807, 2.05) is 19.9 Å². The van der Waals surface area contributed by atoms with Crippen LogP contribution in [0.4, 0.5) is 10.2 Å². The number of anilines is 1. The van der Waals surface area contributed by atoms with E-state index in [1.165, 1.54) is 12.1 Å². The number of nitrogens with one attached hydrogen (secondary N) is 1. The highest BCUT2D eigenvalue weighted by Gasteiger charge is 2.10. The van der Waals surface area contributed by atoms with Crippen LogP contribution in [0.2, 0.25) is 0 Å². The third-order valence-corrected chi connectivity index (χ3v) is 3.09. The van der Waals surface area contributed by atoms with E-state index in [0.29, 0.717) is 13.1 Å². The van der Waals surface area contributed by atoms with Crippen molar-refractivity contribution in [3.05, 3.63) is 46.9 Å². The van der Waals surface area contributed by atoms with Crippen LogP contribution in [0, 0.1) is 19.7 Å². The molecule has 1 aromatic carbocycles. The van der Waals surface area contributed by atoms with Crippen LogP contribution in [-0.4, -0.2) is 21.5 Å². The zero-order valence-corrected chi connectivity index (χ0v) is 11.2. The molecule has 0 saturated carbocycles. The molecule has 2 aromatic rings. The Morgan fingerprint density at radius 2 is 2.16 bits per heavy atom. The molecule has 0 spiro atoms. The minimum atomic E-state index is -0.240. The highest BCUT2D eigenvalue weighted by molar-refractivity contribution is 5.47. The van der Waals surface area contributed by atoms with Gasteiger partial charge in [0.1, 0.15) is 11.6 Å². The van der Waals surface area contributed by atoms with Crippen molar-refractivity contribution >= 4 is 5.82 Å². The number of hydrogen-bond donors (Lipinski definition) is 2. The Kier molecular flexibility index (Phi) is 4.16. The van der Waals surface area contributed by atoms with Gasteiger partial charge < -0.3 is 10.4 Å². The van der Waals surface area contributed by atoms with Gasteiger partial charge in [0, 0.05) is 12.1 Å². The highest BCUT2D eigenvalue weighted by Crippen LogP contribution is 2.19. The molecular weight excluding hydrogens is 245 g/mol. The molecule has 1 heterocycles. The van der Waals surface area contributed by atoms with E-state index in [0.717, 1.165) is 22.6 Å². The quantitative estimate of drug-likeness (QED) is 0.870. The number of nitrogens with zero attached hydrogens (tertiary/aromatic N) is 2. The van der Waals surface area contributed by atoms with E-state index in [4.69, 9.17) is 5.11 Å². The lowest BCUT2D eigenvalue weighted by Crippen LogP contribution is -2.11. The van der Waals surface area contributed by atoms with Crippen LogP contribution in [-0.2, 0) is 13.1 Å². The lowest BCUT2D eigenvalue weighted by atomic mass is 10.2. The molecule has 19 heavy (non-hydrogen) atoms. The smallest absolute Gasteiger partial charge is 0.127 e. The topological polar surface area (TPSA) is 50.1 Å². The zero-order chi connectivity index (χ0) is 13.8. The first-order chi connectivity index (χ1) is 9.11. The van der Waals surface area contributed by atoms with Crippen molar-refractivity contribution in [2.75, 3.05) is 11.9 Å². The van der Waals surface area contributed by atoms with Crippen LogP contribution in [0.1, 0.15) is 16.8 Å². The van der Waals surface area contributed by atoms with Gasteiger partial charge >= 0.3 is 0 Å². The third kappa shape index (κ3) is 3.12. The van der Waals surface area contributed by atoms with Gasteiger partial charge in [0.25, 0.3) is 0 Å². The van der Waals surface area contributed by atoms with Gasteiger partial charge in [-0.3, -0.25) is 0 Å². The Morgan fingerprint density at radius 3 is 2.84 bits per heavy atom. The maximum atomic E-state index is 13.1. The molecule has 102 valence electrons. The molecule has 4 nitrogen and oxygen atoms in total. The van der Waals surface area contributed by atoms with E-state index in [1.54, 1.807) is 10.7 Å². The van der Waals surface area contributed by atoms with Crippen molar-refractivity contribution in [3.63, 3.8) is 0 Å². The fourth-order valence-corrected chi connectivity index (χ4v) is 1.98. The largest absolute Gasteiger partial charge is 0.394 e. The maximum Gasteiger partial charge on any atom is 0.127 e. The Hall–Kier alpha value is -1.88. The fraction of sp³-hybridized carbons (Fsp3) is 0.357. The Bertz CT molecular complexity index is 566. The number of rotatable bonds is 5. The van der Waals surface area contributed by atoms with Gasteiger partial charge in [-0.15, -0.1) is 0 Å². The van der Waals surface area contributed by atoms with Crippen molar-refractivity contribution < 1.29 is 9.50 Å². The number of aliphatic hydroxyl groups excluding tert-OH is 1. The second-order valence-electron chi connectivity index (χ2n) is 4.49. The summed E-state index contributed by atoms with van der Waals surface area (Å²) < 4.78 is 14.8. The summed E-state index contributed by atoms with van der Waals surface area (Å²) in [5.74, 6) is 0.631. The first-order valence-electron chi connectivity index (χ1n) is 6.25. The molecule has 2 rings (SSSR count). The number of benzene rings is 1. The normalized spacial score (nSPS) is 10.7. The van der Waals surface area contributed by atoms with Crippen LogP contribution in [0.25, 0.3) is 0 Å². The van der Waals surface area contributed by atoms with Crippen LogP contribution < -0.4 is 5.32 Å². The maximum absolute atomic E-state index is 13.1. The van der Waals surface area contributed by atoms with Gasteiger partial charge in [0.2, 0.25) is 0 Å². The first kappa shape index (κ1) is 13.5. The molecule has 0 bridgehead atoms. The van der Waals surface area contributed by atoms with Crippen LogP contribution >= 0.6 is 0 Å². The number of aliphatic hydroxyl groups is 1. The van der Waals surface area contributed by atoms with Crippen molar-refractivity contribution in [2.24, 2.45) is 0 Å². The molecule has 2 N–H and O–H groups in total. The van der Waals surface area contributed by atoms with E-state index < -0.39 is 0 Å². The monoisotopic (exact) mass is 263 g/mol. The van der Waals surface area contributed by atoms with Crippen molar-refractivity contribution in [1.29, 1.82) is 0 Å². The summed E-state index contributed by atoms with van der Waals surface area (Å²) in [6.07, 6.45) is 0. The van der Waals surface area contributed by atoms with Crippen molar-refractivity contribution in [1.82, 2.24) is 9.78 Å².